The Morgan fingerprint density at radius 2 is 2.06 bits per heavy atom. The first-order valence-corrected chi connectivity index (χ1v) is 5.58. The monoisotopic (exact) mass is 231 g/mol. The van der Waals surface area contributed by atoms with Gasteiger partial charge in [0, 0.05) is 25.0 Å². The van der Waals surface area contributed by atoms with Crippen molar-refractivity contribution in [3.05, 3.63) is 0 Å². The first-order chi connectivity index (χ1) is 7.42. The Morgan fingerprint density at radius 3 is 2.62 bits per heavy atom. The van der Waals surface area contributed by atoms with Crippen LogP contribution in [0.1, 0.15) is 20.8 Å². The Balaban J connectivity index is 2.26. The van der Waals surface area contributed by atoms with E-state index in [2.05, 4.69) is 5.32 Å². The summed E-state index contributed by atoms with van der Waals surface area (Å²) in [5.41, 5.74) is -0.480. The van der Waals surface area contributed by atoms with E-state index in [1.165, 1.54) is 0 Å². The molecule has 1 fully saturated rings. The van der Waals surface area contributed by atoms with E-state index >= 15 is 0 Å². The third kappa shape index (κ3) is 4.37. The first kappa shape index (κ1) is 13.3. The number of hydrogen-bond donors (Lipinski definition) is 2. The van der Waals surface area contributed by atoms with Gasteiger partial charge in [0.05, 0.1) is 13.2 Å². The SMILES string of the molecule is CC(C)(C)OC(=O)NCC1COCC1CO. The lowest BCUT2D eigenvalue weighted by molar-refractivity contribution is 0.0512. The van der Waals surface area contributed by atoms with Crippen molar-refractivity contribution in [2.24, 2.45) is 11.8 Å². The van der Waals surface area contributed by atoms with Gasteiger partial charge in [-0.05, 0) is 20.8 Å². The van der Waals surface area contributed by atoms with E-state index in [1.807, 2.05) is 20.8 Å². The fourth-order valence-electron chi connectivity index (χ4n) is 1.60. The van der Waals surface area contributed by atoms with Crippen molar-refractivity contribution >= 4 is 6.09 Å². The van der Waals surface area contributed by atoms with E-state index in [9.17, 15) is 4.79 Å². The quantitative estimate of drug-likeness (QED) is 0.752. The highest BCUT2D eigenvalue weighted by molar-refractivity contribution is 5.67. The Hall–Kier alpha value is -0.810. The lowest BCUT2D eigenvalue weighted by atomic mass is 9.97. The molecule has 1 amide bonds. The minimum absolute atomic E-state index is 0.0979. The van der Waals surface area contributed by atoms with E-state index < -0.39 is 11.7 Å². The van der Waals surface area contributed by atoms with Crippen molar-refractivity contribution < 1.29 is 19.4 Å². The Morgan fingerprint density at radius 1 is 1.44 bits per heavy atom. The molecule has 1 rings (SSSR count). The van der Waals surface area contributed by atoms with Gasteiger partial charge in [-0.1, -0.05) is 0 Å². The standard InChI is InChI=1S/C11H21NO4/c1-11(2,3)16-10(14)12-4-8-6-15-7-9(8)5-13/h8-9,13H,4-7H2,1-3H3,(H,12,14). The molecule has 0 spiro atoms. The average molecular weight is 231 g/mol. The predicted molar refractivity (Wildman–Crippen MR) is 59.1 cm³/mol. The highest BCUT2D eigenvalue weighted by Crippen LogP contribution is 2.19. The van der Waals surface area contributed by atoms with Crippen LogP contribution in [0.3, 0.4) is 0 Å². The minimum atomic E-state index is -0.480. The van der Waals surface area contributed by atoms with Crippen LogP contribution in [0.25, 0.3) is 0 Å². The number of amides is 1. The molecular formula is C11H21NO4. The molecule has 16 heavy (non-hydrogen) atoms. The second-order valence-electron chi connectivity index (χ2n) is 5.12. The summed E-state index contributed by atoms with van der Waals surface area (Å²) in [6.45, 7) is 7.20. The first-order valence-electron chi connectivity index (χ1n) is 5.58. The van der Waals surface area contributed by atoms with Gasteiger partial charge in [-0.2, -0.15) is 0 Å². The summed E-state index contributed by atoms with van der Waals surface area (Å²) in [5, 5.41) is 11.8. The smallest absolute Gasteiger partial charge is 0.407 e. The summed E-state index contributed by atoms with van der Waals surface area (Å²) in [4.78, 5) is 11.4. The summed E-state index contributed by atoms with van der Waals surface area (Å²) in [6.07, 6.45) is -0.420. The van der Waals surface area contributed by atoms with Crippen LogP contribution >= 0.6 is 0 Å². The molecular weight excluding hydrogens is 210 g/mol. The third-order valence-electron chi connectivity index (χ3n) is 2.47. The van der Waals surface area contributed by atoms with Crippen LogP contribution in [-0.4, -0.2) is 43.2 Å². The number of aliphatic hydroxyl groups excluding tert-OH is 1. The van der Waals surface area contributed by atoms with E-state index in [1.54, 1.807) is 0 Å². The Labute approximate surface area is 96.1 Å². The molecule has 1 aliphatic rings. The number of nitrogens with one attached hydrogen (secondary N) is 1. The largest absolute Gasteiger partial charge is 0.444 e. The van der Waals surface area contributed by atoms with Gasteiger partial charge in [-0.15, -0.1) is 0 Å². The van der Waals surface area contributed by atoms with Crippen molar-refractivity contribution in [1.82, 2.24) is 5.32 Å². The molecule has 0 radical (unpaired) electrons. The van der Waals surface area contributed by atoms with E-state index in [0.717, 1.165) is 0 Å². The lowest BCUT2D eigenvalue weighted by Crippen LogP contribution is -2.37. The summed E-state index contributed by atoms with van der Waals surface area (Å²) in [6, 6.07) is 0. The average Bonchev–Trinajstić information content (AvgIpc) is 2.59. The van der Waals surface area contributed by atoms with Crippen LogP contribution in [0.15, 0.2) is 0 Å². The number of ether oxygens (including phenoxy) is 2. The zero-order valence-corrected chi connectivity index (χ0v) is 10.2. The van der Waals surface area contributed by atoms with Crippen molar-refractivity contribution in [1.29, 1.82) is 0 Å². The number of rotatable bonds is 3. The molecule has 0 aromatic rings. The number of alkyl carbamates (subject to hydrolysis) is 1. The zero-order valence-electron chi connectivity index (χ0n) is 10.2. The van der Waals surface area contributed by atoms with Gasteiger partial charge >= 0.3 is 6.09 Å². The highest BCUT2D eigenvalue weighted by Gasteiger charge is 2.28. The fraction of sp³-hybridized carbons (Fsp3) is 0.909. The molecule has 94 valence electrons. The summed E-state index contributed by atoms with van der Waals surface area (Å²) in [5.74, 6) is 0.299. The van der Waals surface area contributed by atoms with Crippen LogP contribution in [0.2, 0.25) is 0 Å². The fourth-order valence-corrected chi connectivity index (χ4v) is 1.60. The second-order valence-corrected chi connectivity index (χ2v) is 5.12. The van der Waals surface area contributed by atoms with Crippen molar-refractivity contribution in [2.75, 3.05) is 26.4 Å². The summed E-state index contributed by atoms with van der Waals surface area (Å²) >= 11 is 0. The van der Waals surface area contributed by atoms with Crippen LogP contribution < -0.4 is 5.32 Å². The minimum Gasteiger partial charge on any atom is -0.444 e. The number of aliphatic hydroxyl groups is 1. The lowest BCUT2D eigenvalue weighted by Gasteiger charge is -2.21. The van der Waals surface area contributed by atoms with Crippen molar-refractivity contribution in [2.45, 2.75) is 26.4 Å². The Bertz CT molecular complexity index is 237. The predicted octanol–water partition coefficient (Wildman–Crippen LogP) is 0.766. The topological polar surface area (TPSA) is 67.8 Å². The number of carbonyl (C=O) groups is 1. The van der Waals surface area contributed by atoms with Crippen LogP contribution in [-0.2, 0) is 9.47 Å². The van der Waals surface area contributed by atoms with Crippen LogP contribution in [0, 0.1) is 11.8 Å². The molecule has 5 heteroatoms. The molecule has 0 bridgehead atoms. The van der Waals surface area contributed by atoms with Crippen molar-refractivity contribution in [3.63, 3.8) is 0 Å². The molecule has 0 aromatic carbocycles. The number of hydrogen-bond acceptors (Lipinski definition) is 4. The maximum atomic E-state index is 11.4. The maximum absolute atomic E-state index is 11.4. The normalized spacial score (nSPS) is 25.5. The van der Waals surface area contributed by atoms with Gasteiger partial charge in [0.25, 0.3) is 0 Å². The molecule has 5 nitrogen and oxygen atoms in total. The van der Waals surface area contributed by atoms with Gasteiger partial charge < -0.3 is 19.9 Å². The molecule has 0 aromatic heterocycles. The van der Waals surface area contributed by atoms with E-state index in [4.69, 9.17) is 14.6 Å². The molecule has 2 atom stereocenters. The highest BCUT2D eigenvalue weighted by atomic mass is 16.6. The van der Waals surface area contributed by atoms with Gasteiger partial charge in [0.15, 0.2) is 0 Å². The van der Waals surface area contributed by atoms with Gasteiger partial charge in [-0.3, -0.25) is 0 Å². The molecule has 1 saturated heterocycles. The maximum Gasteiger partial charge on any atom is 0.407 e. The van der Waals surface area contributed by atoms with Gasteiger partial charge in [0.1, 0.15) is 5.60 Å². The Kier molecular flexibility index (Phi) is 4.56. The molecule has 2 unspecified atom stereocenters. The second kappa shape index (κ2) is 5.50. The molecule has 0 aliphatic carbocycles. The summed E-state index contributed by atoms with van der Waals surface area (Å²) in [7, 11) is 0. The van der Waals surface area contributed by atoms with Gasteiger partial charge in [-0.25, -0.2) is 4.79 Å². The van der Waals surface area contributed by atoms with Crippen LogP contribution in [0.4, 0.5) is 4.79 Å². The molecule has 1 aliphatic heterocycles. The van der Waals surface area contributed by atoms with E-state index in [0.29, 0.717) is 19.8 Å². The molecule has 1 heterocycles. The third-order valence-corrected chi connectivity index (χ3v) is 2.47. The zero-order chi connectivity index (χ0) is 12.2. The van der Waals surface area contributed by atoms with Crippen LogP contribution in [0.5, 0.6) is 0 Å². The number of carbonyl (C=O) groups excluding carboxylic acids is 1. The summed E-state index contributed by atoms with van der Waals surface area (Å²) < 4.78 is 10.4. The van der Waals surface area contributed by atoms with Gasteiger partial charge in [0.2, 0.25) is 0 Å². The van der Waals surface area contributed by atoms with E-state index in [-0.39, 0.29) is 18.4 Å². The van der Waals surface area contributed by atoms with Crippen molar-refractivity contribution in [3.8, 4) is 0 Å². The molecule has 2 N–H and O–H groups in total. The molecule has 0 saturated carbocycles.